The summed E-state index contributed by atoms with van der Waals surface area (Å²) in [6, 6.07) is 2.08. The largest absolute Gasteiger partial charge is 0.370 e. The van der Waals surface area contributed by atoms with Gasteiger partial charge in [0.25, 0.3) is 5.91 Å². The fraction of sp³-hybridized carbons (Fsp3) is 0.647. The SMILES string of the molecule is O=C(c1cc2c(s1)CCOC21CCNCC1)N1CCOC(c2nn[nH]n2)C1. The molecule has 1 amide bonds. The minimum Gasteiger partial charge on any atom is -0.370 e. The highest BCUT2D eigenvalue weighted by Gasteiger charge is 2.41. The monoisotopic (exact) mass is 390 g/mol. The van der Waals surface area contributed by atoms with Gasteiger partial charge in [0.15, 0.2) is 0 Å². The van der Waals surface area contributed by atoms with Crippen LogP contribution in [0.4, 0.5) is 0 Å². The first-order valence-electron chi connectivity index (χ1n) is 9.37. The molecule has 5 heterocycles. The van der Waals surface area contributed by atoms with Crippen LogP contribution in [0.1, 0.15) is 44.9 Å². The summed E-state index contributed by atoms with van der Waals surface area (Å²) in [4.78, 5) is 17.1. The Labute approximate surface area is 160 Å². The van der Waals surface area contributed by atoms with Gasteiger partial charge in [-0.05, 0) is 37.6 Å². The zero-order valence-electron chi connectivity index (χ0n) is 14.9. The van der Waals surface area contributed by atoms with E-state index in [1.807, 2.05) is 4.90 Å². The molecule has 5 rings (SSSR count). The first-order chi connectivity index (χ1) is 13.3. The molecular weight excluding hydrogens is 368 g/mol. The van der Waals surface area contributed by atoms with Crippen molar-refractivity contribution in [3.63, 3.8) is 0 Å². The Morgan fingerprint density at radius 3 is 3.04 bits per heavy atom. The van der Waals surface area contributed by atoms with E-state index >= 15 is 0 Å². The van der Waals surface area contributed by atoms with E-state index < -0.39 is 0 Å². The van der Waals surface area contributed by atoms with E-state index in [0.29, 0.717) is 25.5 Å². The number of thiophene rings is 1. The van der Waals surface area contributed by atoms with Gasteiger partial charge < -0.3 is 19.7 Å². The molecule has 0 bridgehead atoms. The average molecular weight is 390 g/mol. The number of amides is 1. The van der Waals surface area contributed by atoms with Crippen molar-refractivity contribution in [1.29, 1.82) is 0 Å². The molecule has 9 nitrogen and oxygen atoms in total. The number of aromatic nitrogens is 4. The molecule has 0 aliphatic carbocycles. The van der Waals surface area contributed by atoms with Crippen LogP contribution in [-0.4, -0.2) is 70.8 Å². The second-order valence-corrected chi connectivity index (χ2v) is 8.31. The zero-order valence-corrected chi connectivity index (χ0v) is 15.8. The summed E-state index contributed by atoms with van der Waals surface area (Å²) in [5.74, 6) is 0.537. The van der Waals surface area contributed by atoms with Gasteiger partial charge in [-0.15, -0.1) is 21.5 Å². The molecule has 0 aromatic carbocycles. The number of fused-ring (bicyclic) bond motifs is 2. The Morgan fingerprint density at radius 1 is 1.33 bits per heavy atom. The minimum atomic E-state index is -0.338. The molecule has 0 radical (unpaired) electrons. The maximum Gasteiger partial charge on any atom is 0.264 e. The molecule has 1 atom stereocenters. The van der Waals surface area contributed by atoms with Crippen molar-refractivity contribution in [2.24, 2.45) is 0 Å². The van der Waals surface area contributed by atoms with Gasteiger partial charge in [0.2, 0.25) is 5.82 Å². The summed E-state index contributed by atoms with van der Waals surface area (Å²) in [6.07, 6.45) is 2.47. The third-order valence-corrected chi connectivity index (χ3v) is 6.82. The molecule has 1 spiro atoms. The molecule has 2 fully saturated rings. The van der Waals surface area contributed by atoms with E-state index in [9.17, 15) is 4.79 Å². The Kier molecular flexibility index (Phi) is 4.43. The number of rotatable bonds is 2. The van der Waals surface area contributed by atoms with Crippen LogP contribution >= 0.6 is 11.3 Å². The van der Waals surface area contributed by atoms with E-state index in [-0.39, 0.29) is 17.6 Å². The van der Waals surface area contributed by atoms with Crippen molar-refractivity contribution < 1.29 is 14.3 Å². The lowest BCUT2D eigenvalue weighted by atomic mass is 9.83. The van der Waals surface area contributed by atoms with Crippen molar-refractivity contribution >= 4 is 17.2 Å². The molecule has 2 saturated heterocycles. The van der Waals surface area contributed by atoms with Crippen molar-refractivity contribution in [2.75, 3.05) is 39.4 Å². The number of hydrogen-bond donors (Lipinski definition) is 2. The van der Waals surface area contributed by atoms with Gasteiger partial charge in [-0.2, -0.15) is 5.21 Å². The van der Waals surface area contributed by atoms with Crippen molar-refractivity contribution in [1.82, 2.24) is 30.8 Å². The number of morpholine rings is 1. The fourth-order valence-corrected chi connectivity index (χ4v) is 5.42. The Hall–Kier alpha value is -1.88. The average Bonchev–Trinajstić information content (AvgIpc) is 3.39. The van der Waals surface area contributed by atoms with Crippen LogP contribution in [0.15, 0.2) is 6.07 Å². The van der Waals surface area contributed by atoms with E-state index in [0.717, 1.165) is 43.8 Å². The van der Waals surface area contributed by atoms with Crippen LogP contribution in [0.5, 0.6) is 0 Å². The standard InChI is InChI=1S/C17H22N6O3S/c24-16(23-6-8-25-12(10-23)15-19-21-22-20-15)14-9-11-13(27-14)1-7-26-17(11)2-4-18-5-3-17/h9,12,18H,1-8,10H2,(H,19,20,21,22). The highest BCUT2D eigenvalue weighted by molar-refractivity contribution is 7.14. The number of carbonyl (C=O) groups excluding carboxylic acids is 1. The molecule has 0 saturated carbocycles. The summed E-state index contributed by atoms with van der Waals surface area (Å²) >= 11 is 1.62. The molecule has 3 aliphatic heterocycles. The third kappa shape index (κ3) is 3.06. The minimum absolute atomic E-state index is 0.0512. The Morgan fingerprint density at radius 2 is 2.22 bits per heavy atom. The van der Waals surface area contributed by atoms with E-state index in [4.69, 9.17) is 9.47 Å². The Bertz CT molecular complexity index is 817. The molecule has 10 heteroatoms. The number of carbonyl (C=O) groups is 1. The Balaban J connectivity index is 1.38. The smallest absolute Gasteiger partial charge is 0.264 e. The molecule has 3 aliphatic rings. The third-order valence-electron chi connectivity index (χ3n) is 5.63. The fourth-order valence-electron chi connectivity index (χ4n) is 4.22. The molecule has 27 heavy (non-hydrogen) atoms. The van der Waals surface area contributed by atoms with Crippen LogP contribution in [0.2, 0.25) is 0 Å². The first kappa shape index (κ1) is 17.2. The normalized spacial score (nSPS) is 24.7. The van der Waals surface area contributed by atoms with Crippen LogP contribution in [0.3, 0.4) is 0 Å². The van der Waals surface area contributed by atoms with Gasteiger partial charge in [0.05, 0.1) is 30.2 Å². The number of nitrogens with one attached hydrogen (secondary N) is 2. The van der Waals surface area contributed by atoms with Crippen LogP contribution < -0.4 is 5.32 Å². The number of tetrazole rings is 1. The van der Waals surface area contributed by atoms with Crippen LogP contribution in [0.25, 0.3) is 0 Å². The maximum absolute atomic E-state index is 13.2. The highest BCUT2D eigenvalue weighted by Crippen LogP contribution is 2.43. The van der Waals surface area contributed by atoms with Gasteiger partial charge in [-0.3, -0.25) is 4.79 Å². The van der Waals surface area contributed by atoms with Gasteiger partial charge >= 0.3 is 0 Å². The molecule has 2 N–H and O–H groups in total. The summed E-state index contributed by atoms with van der Waals surface area (Å²) in [5.41, 5.74) is 1.01. The quantitative estimate of drug-likeness (QED) is 0.775. The predicted molar refractivity (Wildman–Crippen MR) is 96.5 cm³/mol. The molecular formula is C17H22N6O3S. The number of hydrogen-bond acceptors (Lipinski definition) is 8. The van der Waals surface area contributed by atoms with Crippen LogP contribution in [0, 0.1) is 0 Å². The summed E-state index contributed by atoms with van der Waals surface area (Å²) in [6.45, 7) is 4.12. The van der Waals surface area contributed by atoms with Gasteiger partial charge in [0.1, 0.15) is 6.10 Å². The molecule has 144 valence electrons. The molecule has 2 aromatic rings. The van der Waals surface area contributed by atoms with E-state index in [1.165, 1.54) is 10.4 Å². The van der Waals surface area contributed by atoms with Gasteiger partial charge in [0, 0.05) is 17.8 Å². The lowest BCUT2D eigenvalue weighted by Crippen LogP contribution is -2.44. The van der Waals surface area contributed by atoms with Gasteiger partial charge in [-0.1, -0.05) is 5.21 Å². The predicted octanol–water partition coefficient (Wildman–Crippen LogP) is 0.626. The summed E-state index contributed by atoms with van der Waals surface area (Å²) in [7, 11) is 0. The summed E-state index contributed by atoms with van der Waals surface area (Å²) < 4.78 is 11.9. The molecule has 1 unspecified atom stereocenters. The van der Waals surface area contributed by atoms with Gasteiger partial charge in [-0.25, -0.2) is 0 Å². The van der Waals surface area contributed by atoms with Crippen LogP contribution in [-0.2, 0) is 21.5 Å². The maximum atomic E-state index is 13.2. The second-order valence-electron chi connectivity index (χ2n) is 7.17. The number of aromatic amines is 1. The lowest BCUT2D eigenvalue weighted by molar-refractivity contribution is -0.0792. The number of H-pyrrole nitrogens is 1. The number of nitrogens with zero attached hydrogens (tertiary/aromatic N) is 4. The van der Waals surface area contributed by atoms with Crippen molar-refractivity contribution in [2.45, 2.75) is 31.0 Å². The van der Waals surface area contributed by atoms with Crippen molar-refractivity contribution in [3.8, 4) is 0 Å². The number of piperidine rings is 1. The number of ether oxygens (including phenoxy) is 2. The topological polar surface area (TPSA) is 105 Å². The zero-order chi connectivity index (χ0) is 18.3. The molecule has 2 aromatic heterocycles. The highest BCUT2D eigenvalue weighted by atomic mass is 32.1. The van der Waals surface area contributed by atoms with E-state index in [1.54, 1.807) is 11.3 Å². The summed E-state index contributed by atoms with van der Waals surface area (Å²) in [5, 5.41) is 17.4. The second kappa shape index (κ2) is 6.93. The van der Waals surface area contributed by atoms with E-state index in [2.05, 4.69) is 32.0 Å². The van der Waals surface area contributed by atoms with Crippen molar-refractivity contribution in [3.05, 3.63) is 27.2 Å². The first-order valence-corrected chi connectivity index (χ1v) is 10.2. The lowest BCUT2D eigenvalue weighted by Gasteiger charge is -2.40.